The number of hydrogen-bond donors (Lipinski definition) is 1. The molecule has 3 amide bonds. The van der Waals surface area contributed by atoms with Crippen molar-refractivity contribution >= 4 is 81.5 Å². The van der Waals surface area contributed by atoms with Gasteiger partial charge in [0, 0.05) is 70.5 Å². The van der Waals surface area contributed by atoms with Gasteiger partial charge in [0.1, 0.15) is 0 Å². The number of rotatable bonds is 2. The fourth-order valence-electron chi connectivity index (χ4n) is 9.21. The Morgan fingerprint density at radius 3 is 1.81 bits per heavy atom. The van der Waals surface area contributed by atoms with Crippen LogP contribution in [0.25, 0.3) is 52.5 Å². The molecule has 214 valence electrons. The van der Waals surface area contributed by atoms with E-state index in [1.54, 1.807) is 21.1 Å². The molecule has 6 nitrogen and oxygen atoms in total. The minimum atomic E-state index is -0.971. The number of imide groups is 1. The molecule has 1 atom stereocenters. The van der Waals surface area contributed by atoms with Crippen molar-refractivity contribution in [3.63, 3.8) is 0 Å². The number of benzene rings is 5. The summed E-state index contributed by atoms with van der Waals surface area (Å²) in [7, 11) is 0. The largest absolute Gasteiger partial charge is 0.369 e. The highest BCUT2D eigenvalue weighted by molar-refractivity contribution is 7.26. The normalized spacial score (nSPS) is 22.2. The van der Waals surface area contributed by atoms with Crippen LogP contribution in [0.15, 0.2) is 36.4 Å². The predicted molar refractivity (Wildman–Crippen MR) is 170 cm³/mol. The average Bonchev–Trinajstić information content (AvgIpc) is 3.42. The van der Waals surface area contributed by atoms with Crippen molar-refractivity contribution in [2.24, 2.45) is 0 Å². The van der Waals surface area contributed by atoms with Gasteiger partial charge in [-0.15, -0.1) is 11.3 Å². The summed E-state index contributed by atoms with van der Waals surface area (Å²) in [5, 5.41) is 19.4. The van der Waals surface area contributed by atoms with Crippen molar-refractivity contribution in [3.8, 4) is 0 Å². The summed E-state index contributed by atoms with van der Waals surface area (Å²) < 4.78 is 2.02. The lowest BCUT2D eigenvalue weighted by molar-refractivity contribution is -0.0228. The number of carbonyl (C=O) groups excluding carboxylic acids is 3. The molecule has 2 aliphatic carbocycles. The smallest absolute Gasteiger partial charge is 0.261 e. The molecule has 5 aromatic carbocycles. The molecular formula is C36H30N2O4S. The van der Waals surface area contributed by atoms with E-state index in [0.717, 1.165) is 116 Å². The molecule has 0 radical (unpaired) electrons. The van der Waals surface area contributed by atoms with Crippen LogP contribution < -0.4 is 0 Å². The van der Waals surface area contributed by atoms with E-state index in [-0.39, 0.29) is 29.8 Å². The molecule has 0 spiro atoms. The molecule has 0 saturated heterocycles. The fourth-order valence-corrected chi connectivity index (χ4v) is 10.4. The van der Waals surface area contributed by atoms with Gasteiger partial charge in [0.15, 0.2) is 6.23 Å². The van der Waals surface area contributed by atoms with Gasteiger partial charge in [-0.2, -0.15) is 0 Å². The molecule has 0 bridgehead atoms. The first-order valence-corrected chi connectivity index (χ1v) is 16.7. The van der Waals surface area contributed by atoms with Crippen LogP contribution in [0.3, 0.4) is 0 Å². The highest BCUT2D eigenvalue weighted by Gasteiger charge is 2.42. The maximum absolute atomic E-state index is 14.2. The number of fused-ring (bicyclic) bond motifs is 1. The number of hydrogen-bond acceptors (Lipinski definition) is 5. The zero-order valence-electron chi connectivity index (χ0n) is 23.7. The summed E-state index contributed by atoms with van der Waals surface area (Å²) >= 11 is 1.63. The topological polar surface area (TPSA) is 77.9 Å². The molecule has 2 aliphatic heterocycles. The van der Waals surface area contributed by atoms with Crippen LogP contribution >= 0.6 is 11.3 Å². The fraction of sp³-hybridized carbons (Fsp3) is 0.361. The van der Waals surface area contributed by atoms with Gasteiger partial charge in [0.05, 0.1) is 5.56 Å². The molecule has 1 N–H and O–H groups in total. The summed E-state index contributed by atoms with van der Waals surface area (Å²) in [6.07, 6.45) is 9.18. The van der Waals surface area contributed by atoms with E-state index in [1.165, 1.54) is 6.42 Å². The Kier molecular flexibility index (Phi) is 4.82. The minimum absolute atomic E-state index is 0.0451. The Labute approximate surface area is 251 Å². The third-order valence-electron chi connectivity index (χ3n) is 11.1. The second-order valence-electron chi connectivity index (χ2n) is 13.2. The molecule has 4 aliphatic rings. The average molecular weight is 587 g/mol. The summed E-state index contributed by atoms with van der Waals surface area (Å²) in [6.45, 7) is 0. The first kappa shape index (κ1) is 24.6. The van der Waals surface area contributed by atoms with Crippen molar-refractivity contribution in [2.75, 3.05) is 0 Å². The molecule has 6 aromatic rings. The van der Waals surface area contributed by atoms with E-state index in [4.69, 9.17) is 0 Å². The molecule has 1 aromatic heterocycles. The van der Waals surface area contributed by atoms with Gasteiger partial charge in [-0.1, -0.05) is 56.7 Å². The van der Waals surface area contributed by atoms with Crippen molar-refractivity contribution in [2.45, 2.75) is 82.5 Å². The van der Waals surface area contributed by atoms with Gasteiger partial charge in [0.2, 0.25) is 0 Å². The van der Waals surface area contributed by atoms with Gasteiger partial charge in [0.25, 0.3) is 17.7 Å². The van der Waals surface area contributed by atoms with E-state index < -0.39 is 6.23 Å². The van der Waals surface area contributed by atoms with Crippen molar-refractivity contribution in [3.05, 3.63) is 58.7 Å². The first-order chi connectivity index (χ1) is 21.0. The van der Waals surface area contributed by atoms with Crippen LogP contribution in [-0.4, -0.2) is 44.7 Å². The van der Waals surface area contributed by atoms with E-state index in [2.05, 4.69) is 6.07 Å². The predicted octanol–water partition coefficient (Wildman–Crippen LogP) is 8.10. The lowest BCUT2D eigenvalue weighted by Crippen LogP contribution is -2.47. The zero-order chi connectivity index (χ0) is 28.7. The Balaban J connectivity index is 1.28. The van der Waals surface area contributed by atoms with Gasteiger partial charge < -0.3 is 10.0 Å². The third kappa shape index (κ3) is 2.95. The van der Waals surface area contributed by atoms with Crippen LogP contribution in [0.5, 0.6) is 0 Å². The van der Waals surface area contributed by atoms with E-state index >= 15 is 0 Å². The van der Waals surface area contributed by atoms with Crippen LogP contribution in [0.4, 0.5) is 0 Å². The number of carbonyl (C=O) groups is 3. The van der Waals surface area contributed by atoms with Crippen LogP contribution in [0, 0.1) is 0 Å². The summed E-state index contributed by atoms with van der Waals surface area (Å²) in [5.74, 6) is -0.432. The van der Waals surface area contributed by atoms with Crippen LogP contribution in [-0.2, 0) is 0 Å². The number of amides is 3. The maximum Gasteiger partial charge on any atom is 0.261 e. The van der Waals surface area contributed by atoms with E-state index in [9.17, 15) is 19.5 Å². The molecule has 1 unspecified atom stereocenters. The van der Waals surface area contributed by atoms with Gasteiger partial charge in [-0.05, 0) is 54.7 Å². The van der Waals surface area contributed by atoms with Gasteiger partial charge >= 0.3 is 0 Å². The minimum Gasteiger partial charge on any atom is -0.369 e. The van der Waals surface area contributed by atoms with Crippen LogP contribution in [0.2, 0.25) is 0 Å². The molecule has 2 saturated carbocycles. The first-order valence-electron chi connectivity index (χ1n) is 15.9. The Morgan fingerprint density at radius 1 is 0.581 bits per heavy atom. The van der Waals surface area contributed by atoms with Gasteiger partial charge in [-0.25, -0.2) is 0 Å². The summed E-state index contributed by atoms with van der Waals surface area (Å²) in [4.78, 5) is 45.6. The number of thiophene rings is 1. The SMILES string of the molecule is O=C1c2ccc3c4ccc5c6c(cc7sc8cc(c2c3c8c7c64)C(=O)N1C1CCCCC1)C(=O)N(C1CCCCC1)C5O. The lowest BCUT2D eigenvalue weighted by Gasteiger charge is -2.41. The Bertz CT molecular complexity index is 2200. The molecular weight excluding hydrogens is 556 g/mol. The Morgan fingerprint density at radius 2 is 1.14 bits per heavy atom. The molecule has 10 rings (SSSR count). The quantitative estimate of drug-likeness (QED) is 0.126. The zero-order valence-corrected chi connectivity index (χ0v) is 24.6. The number of aliphatic hydroxyl groups excluding tert-OH is 1. The Hall–Kier alpha value is -3.81. The summed E-state index contributed by atoms with van der Waals surface area (Å²) in [5.41, 5.74) is 2.69. The summed E-state index contributed by atoms with van der Waals surface area (Å²) in [6, 6.07) is 12.1. The van der Waals surface area contributed by atoms with Crippen LogP contribution in [0.1, 0.15) is 107 Å². The number of nitrogens with zero attached hydrogens (tertiary/aromatic N) is 2. The lowest BCUT2D eigenvalue weighted by atomic mass is 9.81. The molecule has 7 heteroatoms. The van der Waals surface area contributed by atoms with E-state index in [0.29, 0.717) is 16.7 Å². The standard InChI is InChI=1S/C36H30N2O4S/c39-33-21-13-11-19-20-12-14-22-28-24(36(42)38(34(22)40)18-9-5-2-6-10-18)16-26-32(30(20)28)31-25(43-26)15-23(27(21)29(19)31)35(41)37(33)17-7-3-1-4-8-17/h11-18,33,39H,1-10H2. The molecule has 2 fully saturated rings. The highest BCUT2D eigenvalue weighted by atomic mass is 32.1. The highest BCUT2D eigenvalue weighted by Crippen LogP contribution is 2.54. The third-order valence-corrected chi connectivity index (χ3v) is 12.2. The van der Waals surface area contributed by atoms with Crippen molar-refractivity contribution < 1.29 is 19.5 Å². The molecule has 3 heterocycles. The monoisotopic (exact) mass is 586 g/mol. The second-order valence-corrected chi connectivity index (χ2v) is 14.3. The maximum atomic E-state index is 14.2. The van der Waals surface area contributed by atoms with E-state index in [1.807, 2.05) is 30.3 Å². The second kappa shape index (κ2) is 8.42. The molecule has 43 heavy (non-hydrogen) atoms. The number of aliphatic hydroxyl groups is 1. The van der Waals surface area contributed by atoms with Crippen molar-refractivity contribution in [1.82, 2.24) is 9.80 Å². The van der Waals surface area contributed by atoms with Crippen molar-refractivity contribution in [1.29, 1.82) is 0 Å². The van der Waals surface area contributed by atoms with Gasteiger partial charge in [-0.3, -0.25) is 19.3 Å².